The number of hydrogen-bond donors (Lipinski definition) is 3. The van der Waals surface area contributed by atoms with Gasteiger partial charge in [0.25, 0.3) is 0 Å². The molecule has 208 valence electrons. The monoisotopic (exact) mass is 588 g/mol. The van der Waals surface area contributed by atoms with E-state index in [0.29, 0.717) is 16.8 Å². The Morgan fingerprint density at radius 3 is 2.46 bits per heavy atom. The van der Waals surface area contributed by atoms with Crippen LogP contribution < -0.4 is 4.74 Å². The van der Waals surface area contributed by atoms with Gasteiger partial charge in [0.1, 0.15) is 16.8 Å². The van der Waals surface area contributed by atoms with Crippen molar-refractivity contribution in [1.82, 2.24) is 19.3 Å². The Kier molecular flexibility index (Phi) is 8.60. The molecule has 0 fully saturated rings. The van der Waals surface area contributed by atoms with Gasteiger partial charge in [-0.25, -0.2) is 13.1 Å². The highest BCUT2D eigenvalue weighted by molar-refractivity contribution is 8.77. The number of hydrogen-bond acceptors (Lipinski definition) is 7. The van der Waals surface area contributed by atoms with Crippen LogP contribution in [0.4, 0.5) is 0 Å². The molecule has 3 aromatic carbocycles. The molecule has 12 heteroatoms. The smallest absolute Gasteiger partial charge is 0.304 e. The summed E-state index contributed by atoms with van der Waals surface area (Å²) in [4.78, 5) is 13.1. The highest BCUT2D eigenvalue weighted by Crippen LogP contribution is 2.37. The molecule has 39 heavy (non-hydrogen) atoms. The number of thiol groups is 2. The van der Waals surface area contributed by atoms with Crippen LogP contribution in [0, 0.1) is 6.92 Å². The van der Waals surface area contributed by atoms with Crippen molar-refractivity contribution < 1.29 is 23.1 Å². The number of methoxy groups -OCH3 is 1. The van der Waals surface area contributed by atoms with Crippen LogP contribution in [0.1, 0.15) is 34.6 Å². The SMILES string of the molecule is COc1cc(C(CC(=O)O)c2ccc(C)c(CN(C)S(=O)(=O)c3ccc([SH](C)S)cc3)c2)cc2nnn(C)c12. The van der Waals surface area contributed by atoms with Crippen molar-refractivity contribution in [1.29, 1.82) is 0 Å². The molecule has 0 aliphatic carbocycles. The molecule has 0 amide bonds. The fraction of sp³-hybridized carbons (Fsp3) is 0.296. The third-order valence-corrected chi connectivity index (χ3v) is 10.3. The molecular formula is C27H32N4O5S3. The Labute approximate surface area is 236 Å². The van der Waals surface area contributed by atoms with E-state index in [-0.39, 0.29) is 17.9 Å². The number of carboxylic acid groups (broad SMARTS) is 1. The van der Waals surface area contributed by atoms with Crippen LogP contribution >= 0.6 is 21.6 Å². The van der Waals surface area contributed by atoms with Gasteiger partial charge in [-0.05, 0) is 76.7 Å². The van der Waals surface area contributed by atoms with Gasteiger partial charge in [-0.2, -0.15) is 14.2 Å². The molecule has 2 atom stereocenters. The zero-order valence-corrected chi connectivity index (χ0v) is 25.0. The van der Waals surface area contributed by atoms with Gasteiger partial charge in [-0.15, -0.1) is 16.8 Å². The molecule has 0 bridgehead atoms. The van der Waals surface area contributed by atoms with E-state index in [0.717, 1.165) is 27.1 Å². The predicted molar refractivity (Wildman–Crippen MR) is 158 cm³/mol. The Morgan fingerprint density at radius 1 is 1.15 bits per heavy atom. The first kappa shape index (κ1) is 28.9. The minimum Gasteiger partial charge on any atom is -0.494 e. The van der Waals surface area contributed by atoms with Gasteiger partial charge in [0.05, 0.1) is 18.4 Å². The van der Waals surface area contributed by atoms with Crippen molar-refractivity contribution in [3.05, 3.63) is 76.9 Å². The van der Waals surface area contributed by atoms with Crippen molar-refractivity contribution in [2.24, 2.45) is 7.05 Å². The zero-order valence-electron chi connectivity index (χ0n) is 22.4. The van der Waals surface area contributed by atoms with Gasteiger partial charge in [0.15, 0.2) is 0 Å². The third-order valence-electron chi connectivity index (χ3n) is 6.78. The molecule has 0 radical (unpaired) electrons. The van der Waals surface area contributed by atoms with Crippen LogP contribution in [0.15, 0.2) is 64.4 Å². The van der Waals surface area contributed by atoms with Gasteiger partial charge in [-0.3, -0.25) is 4.79 Å². The van der Waals surface area contributed by atoms with E-state index in [1.165, 1.54) is 4.31 Å². The fourth-order valence-corrected chi connectivity index (χ4v) is 6.68. The number of aromatic nitrogens is 3. The van der Waals surface area contributed by atoms with Crippen LogP contribution in [-0.2, 0) is 28.4 Å². The maximum atomic E-state index is 13.3. The summed E-state index contributed by atoms with van der Waals surface area (Å²) in [5.74, 6) is -0.926. The second kappa shape index (κ2) is 11.6. The van der Waals surface area contributed by atoms with E-state index < -0.39 is 31.8 Å². The lowest BCUT2D eigenvalue weighted by Crippen LogP contribution is -2.27. The van der Waals surface area contributed by atoms with E-state index in [1.54, 1.807) is 50.2 Å². The lowest BCUT2D eigenvalue weighted by atomic mass is 9.86. The average Bonchev–Trinajstić information content (AvgIpc) is 3.28. The maximum absolute atomic E-state index is 13.3. The highest BCUT2D eigenvalue weighted by atomic mass is 33.1. The summed E-state index contributed by atoms with van der Waals surface area (Å²) >= 11 is 4.47. The fourth-order valence-electron chi connectivity index (χ4n) is 4.55. The van der Waals surface area contributed by atoms with Crippen molar-refractivity contribution in [2.75, 3.05) is 20.4 Å². The normalized spacial score (nSPS) is 14.0. The number of aryl methyl sites for hydroxylation is 2. The molecule has 1 aromatic heterocycles. The first-order chi connectivity index (χ1) is 18.4. The summed E-state index contributed by atoms with van der Waals surface area (Å²) in [5.41, 5.74) is 4.47. The van der Waals surface area contributed by atoms with Crippen molar-refractivity contribution in [2.45, 2.75) is 35.6 Å². The van der Waals surface area contributed by atoms with Gasteiger partial charge in [0.2, 0.25) is 10.0 Å². The quantitative estimate of drug-likeness (QED) is 0.184. The number of carbonyl (C=O) groups is 1. The number of sulfonamides is 1. The second-order valence-electron chi connectivity index (χ2n) is 9.42. The van der Waals surface area contributed by atoms with Crippen molar-refractivity contribution in [3.63, 3.8) is 0 Å². The van der Waals surface area contributed by atoms with Gasteiger partial charge < -0.3 is 9.84 Å². The molecule has 1 heterocycles. The predicted octanol–water partition coefficient (Wildman–Crippen LogP) is 4.55. The maximum Gasteiger partial charge on any atom is 0.304 e. The zero-order chi connectivity index (χ0) is 28.5. The largest absolute Gasteiger partial charge is 0.494 e. The molecular weight excluding hydrogens is 557 g/mol. The molecule has 1 N–H and O–H groups in total. The Morgan fingerprint density at radius 2 is 1.85 bits per heavy atom. The van der Waals surface area contributed by atoms with Crippen molar-refractivity contribution >= 4 is 48.6 Å². The van der Waals surface area contributed by atoms with E-state index in [4.69, 9.17) is 4.74 Å². The molecule has 0 aliphatic heterocycles. The van der Waals surface area contributed by atoms with E-state index in [9.17, 15) is 18.3 Å². The highest BCUT2D eigenvalue weighted by Gasteiger charge is 2.25. The standard InChI is InChI=1S/C27H32N4O5S3/c1-17-6-7-18(12-20(17)16-30(2)39(34,35)22-10-8-21(9-11-22)38(5)37)23(15-26(32)33)19-13-24-27(25(14-19)36-4)31(3)29-28-24/h6-14,23,37-38H,15-16H2,1-5H3,(H,32,33). The average molecular weight is 589 g/mol. The van der Waals surface area contributed by atoms with Gasteiger partial charge in [0, 0.05) is 26.6 Å². The Balaban J connectivity index is 1.70. The van der Waals surface area contributed by atoms with Crippen LogP contribution in [0.5, 0.6) is 5.75 Å². The minimum absolute atomic E-state index is 0.128. The molecule has 9 nitrogen and oxygen atoms in total. The summed E-state index contributed by atoms with van der Waals surface area (Å²) in [6.45, 7) is 2.04. The lowest BCUT2D eigenvalue weighted by molar-refractivity contribution is -0.137. The summed E-state index contributed by atoms with van der Waals surface area (Å²) in [5, 5.41) is 18.0. The minimum atomic E-state index is -3.74. The first-order valence-corrected chi connectivity index (χ1v) is 16.5. The first-order valence-electron chi connectivity index (χ1n) is 12.1. The number of fused-ring (bicyclic) bond motifs is 1. The third kappa shape index (κ3) is 6.08. The van der Waals surface area contributed by atoms with Crippen LogP contribution in [0.3, 0.4) is 0 Å². The topological polar surface area (TPSA) is 115 Å². The molecule has 0 saturated heterocycles. The number of nitrogens with zero attached hydrogens (tertiary/aromatic N) is 4. The molecule has 2 unspecified atom stereocenters. The lowest BCUT2D eigenvalue weighted by Gasteiger charge is -2.22. The Hall–Kier alpha value is -3.06. The van der Waals surface area contributed by atoms with Gasteiger partial charge in [-0.1, -0.05) is 23.4 Å². The second-order valence-corrected chi connectivity index (χ2v) is 14.8. The Bertz CT molecular complexity index is 1620. The number of ether oxygens (including phenoxy) is 1. The van der Waals surface area contributed by atoms with Crippen LogP contribution in [-0.4, -0.2) is 59.2 Å². The van der Waals surface area contributed by atoms with Crippen LogP contribution in [0.2, 0.25) is 0 Å². The van der Waals surface area contributed by atoms with E-state index in [1.807, 2.05) is 43.5 Å². The number of aliphatic carboxylic acids is 1. The van der Waals surface area contributed by atoms with E-state index in [2.05, 4.69) is 22.0 Å². The molecule has 4 aromatic rings. The summed E-state index contributed by atoms with van der Waals surface area (Å²) in [6.07, 6.45) is 1.83. The summed E-state index contributed by atoms with van der Waals surface area (Å²) < 4.78 is 35.1. The van der Waals surface area contributed by atoms with Crippen LogP contribution in [0.25, 0.3) is 11.0 Å². The number of benzene rings is 3. The summed E-state index contributed by atoms with van der Waals surface area (Å²) in [7, 11) is 0.486. The molecule has 0 aliphatic rings. The van der Waals surface area contributed by atoms with E-state index >= 15 is 0 Å². The van der Waals surface area contributed by atoms with Gasteiger partial charge >= 0.3 is 5.97 Å². The van der Waals surface area contributed by atoms with Crippen molar-refractivity contribution in [3.8, 4) is 5.75 Å². The number of carboxylic acids is 1. The summed E-state index contributed by atoms with van der Waals surface area (Å²) in [6, 6.07) is 16.1. The molecule has 0 saturated carbocycles. The molecule has 4 rings (SSSR count). The number of rotatable bonds is 10. The molecule has 0 spiro atoms.